The van der Waals surface area contributed by atoms with Crippen molar-refractivity contribution in [3.63, 3.8) is 0 Å². The van der Waals surface area contributed by atoms with Crippen molar-refractivity contribution in [1.82, 2.24) is 15.2 Å². The zero-order valence-corrected chi connectivity index (χ0v) is 11.3. The third-order valence-corrected chi connectivity index (χ3v) is 3.72. The van der Waals surface area contributed by atoms with E-state index in [4.69, 9.17) is 4.74 Å². The Balaban J connectivity index is 1.72. The molecule has 2 saturated heterocycles. The standard InChI is InChI=1S/C14H17N3O3/c1-9-3-2-4-10(15-9)14(19)17-6-5-12-11(7-17)16-13(18)8-20-12/h2-4,11-12H,5-8H2,1H3,(H,16,18)/t11-,12-/m0/s1. The van der Waals surface area contributed by atoms with E-state index in [-0.39, 0.29) is 30.6 Å². The summed E-state index contributed by atoms with van der Waals surface area (Å²) in [5.41, 5.74) is 1.27. The van der Waals surface area contributed by atoms with Gasteiger partial charge in [-0.2, -0.15) is 0 Å². The first-order valence-corrected chi connectivity index (χ1v) is 6.77. The quantitative estimate of drug-likeness (QED) is 0.790. The van der Waals surface area contributed by atoms with E-state index in [1.54, 1.807) is 11.0 Å². The summed E-state index contributed by atoms with van der Waals surface area (Å²) < 4.78 is 5.48. The third-order valence-electron chi connectivity index (χ3n) is 3.72. The summed E-state index contributed by atoms with van der Waals surface area (Å²) in [4.78, 5) is 29.8. The Morgan fingerprint density at radius 3 is 3.15 bits per heavy atom. The molecule has 1 aromatic heterocycles. The zero-order chi connectivity index (χ0) is 14.1. The van der Waals surface area contributed by atoms with Crippen LogP contribution in [-0.4, -0.2) is 53.5 Å². The largest absolute Gasteiger partial charge is 0.366 e. The molecule has 2 amide bonds. The van der Waals surface area contributed by atoms with E-state index in [2.05, 4.69) is 10.3 Å². The number of hydrogen-bond donors (Lipinski definition) is 1. The van der Waals surface area contributed by atoms with E-state index >= 15 is 0 Å². The van der Waals surface area contributed by atoms with Crippen molar-refractivity contribution >= 4 is 11.8 Å². The first kappa shape index (κ1) is 13.1. The fourth-order valence-corrected chi connectivity index (χ4v) is 2.71. The van der Waals surface area contributed by atoms with Gasteiger partial charge in [-0.05, 0) is 25.5 Å². The second kappa shape index (κ2) is 5.20. The molecule has 0 bridgehead atoms. The smallest absolute Gasteiger partial charge is 0.272 e. The van der Waals surface area contributed by atoms with Crippen LogP contribution in [0.2, 0.25) is 0 Å². The van der Waals surface area contributed by atoms with Crippen LogP contribution >= 0.6 is 0 Å². The lowest BCUT2D eigenvalue weighted by Crippen LogP contribution is -2.61. The van der Waals surface area contributed by atoms with Gasteiger partial charge < -0.3 is 15.0 Å². The topological polar surface area (TPSA) is 71.5 Å². The Morgan fingerprint density at radius 2 is 2.35 bits per heavy atom. The van der Waals surface area contributed by atoms with Gasteiger partial charge in [0.05, 0.1) is 12.1 Å². The monoisotopic (exact) mass is 275 g/mol. The molecule has 106 valence electrons. The predicted molar refractivity (Wildman–Crippen MR) is 71.2 cm³/mol. The number of nitrogens with zero attached hydrogens (tertiary/aromatic N) is 2. The number of morpholine rings is 1. The molecule has 0 radical (unpaired) electrons. The number of nitrogens with one attached hydrogen (secondary N) is 1. The lowest BCUT2D eigenvalue weighted by molar-refractivity contribution is -0.139. The molecule has 2 fully saturated rings. The van der Waals surface area contributed by atoms with Crippen molar-refractivity contribution in [2.75, 3.05) is 19.7 Å². The molecule has 3 rings (SSSR count). The number of carbonyl (C=O) groups excluding carboxylic acids is 2. The summed E-state index contributed by atoms with van der Waals surface area (Å²) in [6.07, 6.45) is 0.755. The molecule has 2 aliphatic rings. The van der Waals surface area contributed by atoms with Gasteiger partial charge in [-0.1, -0.05) is 6.07 Å². The van der Waals surface area contributed by atoms with Crippen LogP contribution < -0.4 is 5.32 Å². The number of likely N-dealkylation sites (tertiary alicyclic amines) is 1. The number of piperidine rings is 1. The van der Waals surface area contributed by atoms with Gasteiger partial charge in [-0.15, -0.1) is 0 Å². The highest BCUT2D eigenvalue weighted by Crippen LogP contribution is 2.19. The fourth-order valence-electron chi connectivity index (χ4n) is 2.71. The second-order valence-electron chi connectivity index (χ2n) is 5.23. The molecule has 1 N–H and O–H groups in total. The summed E-state index contributed by atoms with van der Waals surface area (Å²) in [7, 11) is 0. The lowest BCUT2D eigenvalue weighted by atomic mass is 10.00. The van der Waals surface area contributed by atoms with Gasteiger partial charge >= 0.3 is 0 Å². The Kier molecular flexibility index (Phi) is 3.40. The van der Waals surface area contributed by atoms with Crippen molar-refractivity contribution in [2.45, 2.75) is 25.5 Å². The molecule has 0 saturated carbocycles. The molecule has 6 nitrogen and oxygen atoms in total. The van der Waals surface area contributed by atoms with Gasteiger partial charge in [0.2, 0.25) is 5.91 Å². The average Bonchev–Trinajstić information content (AvgIpc) is 2.45. The van der Waals surface area contributed by atoms with Crippen LogP contribution in [0.1, 0.15) is 22.6 Å². The van der Waals surface area contributed by atoms with Crippen LogP contribution in [-0.2, 0) is 9.53 Å². The van der Waals surface area contributed by atoms with Crippen LogP contribution in [0.15, 0.2) is 18.2 Å². The van der Waals surface area contributed by atoms with E-state index < -0.39 is 0 Å². The van der Waals surface area contributed by atoms with Gasteiger partial charge in [0.25, 0.3) is 5.91 Å². The molecule has 0 spiro atoms. The number of fused-ring (bicyclic) bond motifs is 1. The molecular formula is C14H17N3O3. The van der Waals surface area contributed by atoms with Crippen LogP contribution in [0.3, 0.4) is 0 Å². The molecule has 0 aromatic carbocycles. The van der Waals surface area contributed by atoms with Gasteiger partial charge in [-0.25, -0.2) is 4.98 Å². The maximum absolute atomic E-state index is 12.4. The number of aryl methyl sites for hydroxylation is 1. The van der Waals surface area contributed by atoms with Crippen molar-refractivity contribution in [2.24, 2.45) is 0 Å². The number of hydrogen-bond acceptors (Lipinski definition) is 4. The molecule has 20 heavy (non-hydrogen) atoms. The minimum absolute atomic E-state index is 0.0159. The van der Waals surface area contributed by atoms with Gasteiger partial charge in [0.1, 0.15) is 12.3 Å². The molecule has 3 heterocycles. The predicted octanol–water partition coefficient (Wildman–Crippen LogP) is 0.120. The highest BCUT2D eigenvalue weighted by atomic mass is 16.5. The molecule has 6 heteroatoms. The molecule has 2 atom stereocenters. The Labute approximate surface area is 117 Å². The third kappa shape index (κ3) is 2.51. The number of amides is 2. The highest BCUT2D eigenvalue weighted by molar-refractivity contribution is 5.92. The Hall–Kier alpha value is -1.95. The van der Waals surface area contributed by atoms with Crippen molar-refractivity contribution < 1.29 is 14.3 Å². The maximum atomic E-state index is 12.4. The summed E-state index contributed by atoms with van der Waals surface area (Å²) >= 11 is 0. The molecular weight excluding hydrogens is 258 g/mol. The minimum atomic E-state index is -0.116. The van der Waals surface area contributed by atoms with Crippen molar-refractivity contribution in [3.8, 4) is 0 Å². The summed E-state index contributed by atoms with van der Waals surface area (Å²) in [6.45, 7) is 3.09. The van der Waals surface area contributed by atoms with E-state index in [0.29, 0.717) is 18.8 Å². The zero-order valence-electron chi connectivity index (χ0n) is 11.3. The number of ether oxygens (including phenoxy) is 1. The first-order valence-electron chi connectivity index (χ1n) is 6.77. The van der Waals surface area contributed by atoms with Gasteiger partial charge in [0, 0.05) is 18.8 Å². The highest BCUT2D eigenvalue weighted by Gasteiger charge is 2.36. The second-order valence-corrected chi connectivity index (χ2v) is 5.23. The van der Waals surface area contributed by atoms with Crippen LogP contribution in [0.4, 0.5) is 0 Å². The fraction of sp³-hybridized carbons (Fsp3) is 0.500. The van der Waals surface area contributed by atoms with Crippen LogP contribution in [0.25, 0.3) is 0 Å². The average molecular weight is 275 g/mol. The normalized spacial score (nSPS) is 25.9. The van der Waals surface area contributed by atoms with Crippen LogP contribution in [0, 0.1) is 6.92 Å². The van der Waals surface area contributed by atoms with E-state index in [0.717, 1.165) is 12.1 Å². The van der Waals surface area contributed by atoms with Crippen LogP contribution in [0.5, 0.6) is 0 Å². The van der Waals surface area contributed by atoms with E-state index in [9.17, 15) is 9.59 Å². The number of aromatic nitrogens is 1. The Bertz CT molecular complexity index is 546. The van der Waals surface area contributed by atoms with Crippen molar-refractivity contribution in [1.29, 1.82) is 0 Å². The maximum Gasteiger partial charge on any atom is 0.272 e. The van der Waals surface area contributed by atoms with Gasteiger partial charge in [0.15, 0.2) is 0 Å². The number of rotatable bonds is 1. The molecule has 0 unspecified atom stereocenters. The number of pyridine rings is 1. The Morgan fingerprint density at radius 1 is 1.50 bits per heavy atom. The first-order chi connectivity index (χ1) is 9.63. The summed E-state index contributed by atoms with van der Waals surface area (Å²) in [5, 5.41) is 2.89. The molecule has 1 aromatic rings. The number of carbonyl (C=O) groups is 2. The lowest BCUT2D eigenvalue weighted by Gasteiger charge is -2.40. The van der Waals surface area contributed by atoms with E-state index in [1.165, 1.54) is 0 Å². The molecule has 0 aliphatic carbocycles. The SMILES string of the molecule is Cc1cccc(C(=O)N2CC[C@@H]3OCC(=O)N[C@H]3C2)n1. The van der Waals surface area contributed by atoms with Gasteiger partial charge in [-0.3, -0.25) is 9.59 Å². The summed E-state index contributed by atoms with van der Waals surface area (Å²) in [5.74, 6) is -0.207. The summed E-state index contributed by atoms with van der Waals surface area (Å²) in [6, 6.07) is 5.29. The van der Waals surface area contributed by atoms with E-state index in [1.807, 2.05) is 19.1 Å². The minimum Gasteiger partial charge on any atom is -0.366 e. The molecule has 2 aliphatic heterocycles. The van der Waals surface area contributed by atoms with Crippen molar-refractivity contribution in [3.05, 3.63) is 29.6 Å².